The van der Waals surface area contributed by atoms with Crippen LogP contribution in [0.4, 0.5) is 0 Å². The van der Waals surface area contributed by atoms with Gasteiger partial charge in [0.05, 0.1) is 34.8 Å². The maximum atomic E-state index is 13.7. The molecule has 1 aliphatic heterocycles. The molecule has 1 aliphatic rings. The lowest BCUT2D eigenvalue weighted by Gasteiger charge is -2.27. The van der Waals surface area contributed by atoms with Gasteiger partial charge in [0.1, 0.15) is 10.5 Å². The Morgan fingerprint density at radius 3 is 1.88 bits per heavy atom. The summed E-state index contributed by atoms with van der Waals surface area (Å²) in [6.45, 7) is 12.1. The Kier molecular flexibility index (Phi) is 8.79. The number of benzene rings is 2. The van der Waals surface area contributed by atoms with Gasteiger partial charge >= 0.3 is 11.9 Å². The number of rotatable bonds is 8. The van der Waals surface area contributed by atoms with E-state index < -0.39 is 23.4 Å². The van der Waals surface area contributed by atoms with Crippen molar-refractivity contribution < 1.29 is 19.1 Å². The fraction of sp³-hybridized carbons (Fsp3) is 0.344. The number of nitrogens with zero attached hydrogens (tertiary/aromatic N) is 1. The van der Waals surface area contributed by atoms with Crippen LogP contribution in [0.1, 0.15) is 81.5 Å². The molecule has 0 amide bonds. The van der Waals surface area contributed by atoms with Gasteiger partial charge in [-0.2, -0.15) is 0 Å². The Morgan fingerprint density at radius 2 is 1.38 bits per heavy atom. The second kappa shape index (κ2) is 12.1. The summed E-state index contributed by atoms with van der Waals surface area (Å²) in [5.74, 6) is -1.52. The van der Waals surface area contributed by atoms with Gasteiger partial charge in [-0.15, -0.1) is 11.3 Å². The highest BCUT2D eigenvalue weighted by atomic mass is 32.1. The molecule has 2 N–H and O–H groups in total. The highest BCUT2D eigenvalue weighted by molar-refractivity contribution is 7.07. The zero-order chi connectivity index (χ0) is 29.1. The van der Waals surface area contributed by atoms with Crippen molar-refractivity contribution in [2.24, 2.45) is 5.73 Å². The monoisotopic (exact) mass is 560 g/mol. The van der Waals surface area contributed by atoms with E-state index in [1.807, 2.05) is 48.5 Å². The molecule has 4 rings (SSSR count). The predicted molar refractivity (Wildman–Crippen MR) is 159 cm³/mol. The lowest BCUT2D eigenvalue weighted by atomic mass is 9.82. The Hall–Kier alpha value is -3.91. The third-order valence-corrected chi connectivity index (χ3v) is 8.08. The van der Waals surface area contributed by atoms with Gasteiger partial charge in [0, 0.05) is 0 Å². The first-order valence-electron chi connectivity index (χ1n) is 13.6. The molecular weight excluding hydrogens is 524 g/mol. The molecule has 1 unspecified atom stereocenters. The summed E-state index contributed by atoms with van der Waals surface area (Å²) >= 11 is 1.16. The fourth-order valence-electron chi connectivity index (χ4n) is 4.80. The molecule has 0 saturated carbocycles. The van der Waals surface area contributed by atoms with Gasteiger partial charge < -0.3 is 15.2 Å². The first-order chi connectivity index (χ1) is 19.1. The van der Waals surface area contributed by atoms with Crippen LogP contribution in [-0.4, -0.2) is 29.7 Å². The Bertz CT molecular complexity index is 1620. The van der Waals surface area contributed by atoms with Crippen LogP contribution >= 0.6 is 11.3 Å². The SMILES string of the molecule is CCOC(=O)C1=C(N)n2c(s/c(=C\c3ccc(C(C)C)cc3)c2=O)=C(C(=O)OCC)C1c1ccc(C(C)C)cc1. The summed E-state index contributed by atoms with van der Waals surface area (Å²) in [5, 5.41) is 0. The van der Waals surface area contributed by atoms with E-state index in [4.69, 9.17) is 15.2 Å². The van der Waals surface area contributed by atoms with Gasteiger partial charge in [0.25, 0.3) is 5.56 Å². The predicted octanol–water partition coefficient (Wildman–Crippen LogP) is 4.19. The largest absolute Gasteiger partial charge is 0.463 e. The molecule has 2 heterocycles. The number of carbonyl (C=O) groups is 2. The van der Waals surface area contributed by atoms with Crippen molar-refractivity contribution in [1.29, 1.82) is 0 Å². The summed E-state index contributed by atoms with van der Waals surface area (Å²) in [6, 6.07) is 15.7. The van der Waals surface area contributed by atoms with Gasteiger partial charge in [0.15, 0.2) is 0 Å². The second-order valence-electron chi connectivity index (χ2n) is 10.3. The number of thiazole rings is 1. The van der Waals surface area contributed by atoms with Gasteiger partial charge in [0.2, 0.25) is 0 Å². The number of ether oxygens (including phenoxy) is 2. The molecule has 8 heteroatoms. The fourth-order valence-corrected chi connectivity index (χ4v) is 5.96. The van der Waals surface area contributed by atoms with Crippen LogP contribution in [0.15, 0.2) is 58.9 Å². The molecule has 0 spiro atoms. The van der Waals surface area contributed by atoms with Crippen LogP contribution in [-0.2, 0) is 19.1 Å². The van der Waals surface area contributed by atoms with Gasteiger partial charge in [-0.1, -0.05) is 76.2 Å². The first-order valence-corrected chi connectivity index (χ1v) is 14.4. The number of nitrogens with two attached hydrogens (primary N) is 1. The minimum Gasteiger partial charge on any atom is -0.463 e. The molecule has 0 bridgehead atoms. The lowest BCUT2D eigenvalue weighted by molar-refractivity contribution is -0.138. The average molecular weight is 561 g/mol. The molecule has 0 saturated heterocycles. The third kappa shape index (κ3) is 5.54. The minimum absolute atomic E-state index is 0.0439. The summed E-state index contributed by atoms with van der Waals surface area (Å²) in [7, 11) is 0. The van der Waals surface area contributed by atoms with Crippen molar-refractivity contribution in [3.05, 3.63) is 95.9 Å². The summed E-state index contributed by atoms with van der Waals surface area (Å²) in [5.41, 5.74) is 10.2. The highest BCUT2D eigenvalue weighted by Gasteiger charge is 2.40. The molecule has 0 aliphatic carbocycles. The molecular formula is C32H36N2O5S. The molecule has 40 heavy (non-hydrogen) atoms. The van der Waals surface area contributed by atoms with Crippen LogP contribution in [0.5, 0.6) is 0 Å². The Balaban J connectivity index is 2.04. The molecule has 0 fully saturated rings. The third-order valence-electron chi connectivity index (χ3n) is 6.98. The van der Waals surface area contributed by atoms with E-state index in [1.54, 1.807) is 19.9 Å². The normalized spacial score (nSPS) is 15.6. The topological polar surface area (TPSA) is 101 Å². The van der Waals surface area contributed by atoms with E-state index in [0.717, 1.165) is 22.5 Å². The van der Waals surface area contributed by atoms with Crippen molar-refractivity contribution in [2.45, 2.75) is 59.3 Å². The maximum Gasteiger partial charge on any atom is 0.338 e. The molecule has 3 aromatic rings. The highest BCUT2D eigenvalue weighted by Crippen LogP contribution is 2.38. The number of aromatic nitrogens is 1. The van der Waals surface area contributed by atoms with Gasteiger partial charge in [-0.3, -0.25) is 9.36 Å². The van der Waals surface area contributed by atoms with Crippen LogP contribution in [0.25, 0.3) is 17.5 Å². The van der Waals surface area contributed by atoms with Gasteiger partial charge in [-0.25, -0.2) is 9.59 Å². The maximum absolute atomic E-state index is 13.7. The summed E-state index contributed by atoms with van der Waals surface area (Å²) < 4.78 is 12.8. The van der Waals surface area contributed by atoms with E-state index in [9.17, 15) is 14.4 Å². The molecule has 0 radical (unpaired) electrons. The molecule has 210 valence electrons. The van der Waals surface area contributed by atoms with Crippen LogP contribution < -0.4 is 20.5 Å². The van der Waals surface area contributed by atoms with E-state index in [-0.39, 0.29) is 30.2 Å². The zero-order valence-corrected chi connectivity index (χ0v) is 24.6. The van der Waals surface area contributed by atoms with Crippen LogP contribution in [0.2, 0.25) is 0 Å². The number of carbonyl (C=O) groups excluding carboxylic acids is 2. The quantitative estimate of drug-likeness (QED) is 0.415. The number of esters is 2. The average Bonchev–Trinajstić information content (AvgIpc) is 3.24. The van der Waals surface area contributed by atoms with Crippen molar-refractivity contribution in [1.82, 2.24) is 4.57 Å². The van der Waals surface area contributed by atoms with Crippen molar-refractivity contribution in [3.63, 3.8) is 0 Å². The Labute approximate surface area is 238 Å². The van der Waals surface area contributed by atoms with E-state index in [2.05, 4.69) is 27.7 Å². The molecule has 1 atom stereocenters. The molecule has 1 aromatic heterocycles. The standard InChI is InChI=1S/C32H36N2O5S/c1-7-38-31(36)26-25(23-15-13-22(14-16-23)19(5)6)27(32(37)39-8-2)30-34(28(26)33)29(35)24(40-30)17-20-9-11-21(12-10-20)18(3)4/h9-19,25H,7-8,33H2,1-6H3/b24-17-. The van der Waals surface area contributed by atoms with Gasteiger partial charge in [-0.05, 0) is 54.0 Å². The van der Waals surface area contributed by atoms with Crippen LogP contribution in [0, 0.1) is 0 Å². The van der Waals surface area contributed by atoms with Crippen molar-refractivity contribution in [2.75, 3.05) is 13.2 Å². The number of hydrogen-bond acceptors (Lipinski definition) is 7. The van der Waals surface area contributed by atoms with Crippen molar-refractivity contribution >= 4 is 40.7 Å². The van der Waals surface area contributed by atoms with Crippen LogP contribution in [0.3, 0.4) is 0 Å². The zero-order valence-electron chi connectivity index (χ0n) is 23.8. The smallest absolute Gasteiger partial charge is 0.338 e. The number of hydrogen-bond donors (Lipinski definition) is 1. The van der Waals surface area contributed by atoms with Crippen molar-refractivity contribution in [3.8, 4) is 0 Å². The lowest BCUT2D eigenvalue weighted by Crippen LogP contribution is -2.42. The molecule has 2 aromatic carbocycles. The van der Waals surface area contributed by atoms with E-state index in [1.165, 1.54) is 10.1 Å². The number of fused-ring (bicyclic) bond motifs is 1. The summed E-state index contributed by atoms with van der Waals surface area (Å²) in [6.07, 6.45) is 1.77. The first kappa shape index (κ1) is 29.1. The second-order valence-corrected chi connectivity index (χ2v) is 11.3. The minimum atomic E-state index is -0.865. The van der Waals surface area contributed by atoms with E-state index in [0.29, 0.717) is 26.6 Å². The molecule has 7 nitrogen and oxygen atoms in total. The van der Waals surface area contributed by atoms with E-state index >= 15 is 0 Å². The Morgan fingerprint density at radius 1 is 0.875 bits per heavy atom. The summed E-state index contributed by atoms with van der Waals surface area (Å²) in [4.78, 5) is 40.6.